The molecule has 1 aliphatic heterocycles. The number of likely N-dealkylation sites (tertiary alicyclic amines) is 1. The van der Waals surface area contributed by atoms with Gasteiger partial charge in [0, 0.05) is 36.6 Å². The van der Waals surface area contributed by atoms with Gasteiger partial charge in [-0.25, -0.2) is 9.97 Å². The first-order valence-electron chi connectivity index (χ1n) is 7.86. The van der Waals surface area contributed by atoms with Gasteiger partial charge in [0.25, 0.3) is 0 Å². The predicted molar refractivity (Wildman–Crippen MR) is 84.8 cm³/mol. The average Bonchev–Trinajstić information content (AvgIpc) is 2.94. The molecular formula is C17H24N4. The fourth-order valence-electron chi connectivity index (χ4n) is 3.14. The Hall–Kier alpha value is -1.68. The molecular weight excluding hydrogens is 260 g/mol. The second-order valence-electron chi connectivity index (χ2n) is 6.19. The van der Waals surface area contributed by atoms with Crippen molar-refractivity contribution in [2.24, 2.45) is 0 Å². The van der Waals surface area contributed by atoms with Crippen molar-refractivity contribution in [3.05, 3.63) is 42.1 Å². The molecule has 112 valence electrons. The zero-order valence-corrected chi connectivity index (χ0v) is 13.2. The van der Waals surface area contributed by atoms with Gasteiger partial charge in [-0.3, -0.25) is 4.57 Å². The summed E-state index contributed by atoms with van der Waals surface area (Å²) in [6, 6.07) is 6.96. The van der Waals surface area contributed by atoms with Gasteiger partial charge in [-0.1, -0.05) is 6.07 Å². The summed E-state index contributed by atoms with van der Waals surface area (Å²) in [5.74, 6) is 2.50. The Morgan fingerprint density at radius 1 is 1.29 bits per heavy atom. The smallest absolute Gasteiger partial charge is 0.138 e. The van der Waals surface area contributed by atoms with Gasteiger partial charge in [0.05, 0.1) is 0 Å². The van der Waals surface area contributed by atoms with Gasteiger partial charge < -0.3 is 4.90 Å². The van der Waals surface area contributed by atoms with Crippen LogP contribution in [0.1, 0.15) is 44.1 Å². The SMILES string of the molecule is Cc1nccn1-c1cccc(C2CCCN(C(C)C)C2)n1. The van der Waals surface area contributed by atoms with Crippen LogP contribution in [0, 0.1) is 6.92 Å². The van der Waals surface area contributed by atoms with Gasteiger partial charge in [-0.2, -0.15) is 0 Å². The molecule has 1 saturated heterocycles. The minimum atomic E-state index is 0.546. The van der Waals surface area contributed by atoms with Crippen LogP contribution in [0.25, 0.3) is 5.82 Å². The summed E-state index contributed by atoms with van der Waals surface area (Å²) in [7, 11) is 0. The normalized spacial score (nSPS) is 20.1. The third-order valence-electron chi connectivity index (χ3n) is 4.43. The summed E-state index contributed by atoms with van der Waals surface area (Å²) >= 11 is 0. The van der Waals surface area contributed by atoms with Crippen molar-refractivity contribution in [2.75, 3.05) is 13.1 Å². The van der Waals surface area contributed by atoms with Crippen LogP contribution in [-0.4, -0.2) is 38.6 Å². The molecule has 0 bridgehead atoms. The minimum Gasteiger partial charge on any atom is -0.300 e. The summed E-state index contributed by atoms with van der Waals surface area (Å²) in [5.41, 5.74) is 1.21. The van der Waals surface area contributed by atoms with Gasteiger partial charge in [0.15, 0.2) is 0 Å². The summed E-state index contributed by atoms with van der Waals surface area (Å²) in [4.78, 5) is 11.7. The fraction of sp³-hybridized carbons (Fsp3) is 0.529. The number of aryl methyl sites for hydroxylation is 1. The van der Waals surface area contributed by atoms with Crippen molar-refractivity contribution in [1.29, 1.82) is 0 Å². The van der Waals surface area contributed by atoms with Crippen LogP contribution in [0.2, 0.25) is 0 Å². The number of aromatic nitrogens is 3. The van der Waals surface area contributed by atoms with Gasteiger partial charge in [-0.15, -0.1) is 0 Å². The molecule has 0 spiro atoms. The maximum absolute atomic E-state index is 4.89. The van der Waals surface area contributed by atoms with Crippen LogP contribution in [0.15, 0.2) is 30.6 Å². The third-order valence-corrected chi connectivity index (χ3v) is 4.43. The van der Waals surface area contributed by atoms with E-state index in [9.17, 15) is 0 Å². The van der Waals surface area contributed by atoms with E-state index in [0.29, 0.717) is 12.0 Å². The highest BCUT2D eigenvalue weighted by Crippen LogP contribution is 2.27. The van der Waals surface area contributed by atoms with Crippen molar-refractivity contribution >= 4 is 0 Å². The van der Waals surface area contributed by atoms with Crippen LogP contribution in [-0.2, 0) is 0 Å². The lowest BCUT2D eigenvalue weighted by atomic mass is 9.93. The highest BCUT2D eigenvalue weighted by atomic mass is 15.2. The standard InChI is InChI=1S/C17H24N4/c1-13(2)20-10-5-6-15(12-20)16-7-4-8-17(19-16)21-11-9-18-14(21)3/h4,7-9,11,13,15H,5-6,10,12H2,1-3H3. The molecule has 21 heavy (non-hydrogen) atoms. The van der Waals surface area contributed by atoms with E-state index in [2.05, 4.69) is 41.9 Å². The summed E-state index contributed by atoms with van der Waals surface area (Å²) in [5, 5.41) is 0. The molecule has 0 saturated carbocycles. The number of imidazole rings is 1. The topological polar surface area (TPSA) is 34.0 Å². The van der Waals surface area contributed by atoms with Crippen molar-refractivity contribution < 1.29 is 0 Å². The molecule has 2 aromatic heterocycles. The fourth-order valence-corrected chi connectivity index (χ4v) is 3.14. The van der Waals surface area contributed by atoms with E-state index in [1.54, 1.807) is 0 Å². The average molecular weight is 284 g/mol. The van der Waals surface area contributed by atoms with Gasteiger partial charge >= 0.3 is 0 Å². The lowest BCUT2D eigenvalue weighted by molar-refractivity contribution is 0.166. The van der Waals surface area contributed by atoms with Gasteiger partial charge in [-0.05, 0) is 52.3 Å². The van der Waals surface area contributed by atoms with Crippen LogP contribution in [0.3, 0.4) is 0 Å². The quantitative estimate of drug-likeness (QED) is 0.868. The molecule has 1 aliphatic rings. The second kappa shape index (κ2) is 5.98. The number of hydrogen-bond acceptors (Lipinski definition) is 3. The van der Waals surface area contributed by atoms with E-state index in [1.165, 1.54) is 25.1 Å². The van der Waals surface area contributed by atoms with Crippen molar-refractivity contribution in [1.82, 2.24) is 19.4 Å². The van der Waals surface area contributed by atoms with E-state index in [4.69, 9.17) is 4.98 Å². The number of nitrogens with zero attached hydrogens (tertiary/aromatic N) is 4. The number of piperidine rings is 1. The molecule has 0 aliphatic carbocycles. The first kappa shape index (κ1) is 14.3. The monoisotopic (exact) mass is 284 g/mol. The molecule has 4 heteroatoms. The Morgan fingerprint density at radius 2 is 2.14 bits per heavy atom. The lowest BCUT2D eigenvalue weighted by Crippen LogP contribution is -2.39. The predicted octanol–water partition coefficient (Wildman–Crippen LogP) is 3.16. The molecule has 2 aromatic rings. The molecule has 0 amide bonds. The van der Waals surface area contributed by atoms with Gasteiger partial charge in [0.1, 0.15) is 11.6 Å². The van der Waals surface area contributed by atoms with Gasteiger partial charge in [0.2, 0.25) is 0 Å². The maximum Gasteiger partial charge on any atom is 0.138 e. The lowest BCUT2D eigenvalue weighted by Gasteiger charge is -2.35. The van der Waals surface area contributed by atoms with E-state index in [0.717, 1.165) is 18.2 Å². The highest BCUT2D eigenvalue weighted by molar-refractivity contribution is 5.28. The summed E-state index contributed by atoms with van der Waals surface area (Å²) in [6.07, 6.45) is 6.30. The largest absolute Gasteiger partial charge is 0.300 e. The van der Waals surface area contributed by atoms with E-state index >= 15 is 0 Å². The van der Waals surface area contributed by atoms with E-state index < -0.39 is 0 Å². The summed E-state index contributed by atoms with van der Waals surface area (Å²) < 4.78 is 2.05. The first-order valence-corrected chi connectivity index (χ1v) is 7.86. The Labute approximate surface area is 126 Å². The number of rotatable bonds is 3. The molecule has 0 aromatic carbocycles. The van der Waals surface area contributed by atoms with E-state index in [-0.39, 0.29) is 0 Å². The first-order chi connectivity index (χ1) is 10.1. The Balaban J connectivity index is 1.84. The molecule has 0 N–H and O–H groups in total. The Morgan fingerprint density at radius 3 is 2.86 bits per heavy atom. The van der Waals surface area contributed by atoms with E-state index in [1.807, 2.05) is 23.9 Å². The molecule has 0 radical (unpaired) electrons. The molecule has 1 fully saturated rings. The molecule has 3 heterocycles. The zero-order valence-electron chi connectivity index (χ0n) is 13.2. The highest BCUT2D eigenvalue weighted by Gasteiger charge is 2.24. The molecule has 4 nitrogen and oxygen atoms in total. The van der Waals surface area contributed by atoms with Crippen LogP contribution in [0.5, 0.6) is 0 Å². The number of hydrogen-bond donors (Lipinski definition) is 0. The van der Waals surface area contributed by atoms with Crippen molar-refractivity contribution in [3.8, 4) is 5.82 Å². The van der Waals surface area contributed by atoms with Crippen LogP contribution >= 0.6 is 0 Å². The van der Waals surface area contributed by atoms with Crippen molar-refractivity contribution in [2.45, 2.75) is 45.6 Å². The Bertz CT molecular complexity index is 602. The van der Waals surface area contributed by atoms with Crippen LogP contribution < -0.4 is 0 Å². The van der Waals surface area contributed by atoms with Crippen LogP contribution in [0.4, 0.5) is 0 Å². The number of pyridine rings is 1. The minimum absolute atomic E-state index is 0.546. The molecule has 1 unspecified atom stereocenters. The summed E-state index contributed by atoms with van der Waals surface area (Å²) in [6.45, 7) is 8.91. The second-order valence-corrected chi connectivity index (χ2v) is 6.19. The third kappa shape index (κ3) is 3.00. The Kier molecular flexibility index (Phi) is 4.06. The zero-order chi connectivity index (χ0) is 14.8. The molecule has 1 atom stereocenters. The van der Waals surface area contributed by atoms with Crippen molar-refractivity contribution in [3.63, 3.8) is 0 Å². The molecule has 3 rings (SSSR count). The maximum atomic E-state index is 4.89.